The number of amides is 1. The van der Waals surface area contributed by atoms with Crippen LogP contribution in [0.4, 0.5) is 4.39 Å². The molecule has 2 aliphatic rings. The summed E-state index contributed by atoms with van der Waals surface area (Å²) in [5, 5.41) is 3.02. The second kappa shape index (κ2) is 5.87. The highest BCUT2D eigenvalue weighted by Crippen LogP contribution is 2.39. The van der Waals surface area contributed by atoms with Crippen LogP contribution in [0.3, 0.4) is 0 Å². The van der Waals surface area contributed by atoms with Gasteiger partial charge >= 0.3 is 0 Å². The first kappa shape index (κ1) is 16.4. The first-order valence-corrected chi connectivity index (χ1v) is 9.41. The third-order valence-corrected chi connectivity index (χ3v) is 6.87. The van der Waals surface area contributed by atoms with Crippen molar-refractivity contribution in [2.24, 2.45) is 0 Å². The standard InChI is InChI=1S/C16H21FN2O3S/c1-2-14-16(9-7-15(20)18-16)8-4-10-19(14)23(21,22)13-6-3-5-12(17)11-13/h3,5-6,11,14H,2,4,7-10H2,1H3,(H,18,20)/t14-,16-/m0/s1. The molecule has 2 aliphatic heterocycles. The van der Waals surface area contributed by atoms with E-state index in [9.17, 15) is 17.6 Å². The van der Waals surface area contributed by atoms with Gasteiger partial charge in [-0.3, -0.25) is 4.79 Å². The van der Waals surface area contributed by atoms with Crippen molar-refractivity contribution in [1.82, 2.24) is 9.62 Å². The Hall–Kier alpha value is -1.47. The smallest absolute Gasteiger partial charge is 0.243 e. The van der Waals surface area contributed by atoms with Crippen LogP contribution in [0.25, 0.3) is 0 Å². The monoisotopic (exact) mass is 340 g/mol. The van der Waals surface area contributed by atoms with Crippen LogP contribution in [0.15, 0.2) is 29.2 Å². The van der Waals surface area contributed by atoms with Crippen LogP contribution in [-0.2, 0) is 14.8 Å². The number of hydrogen-bond acceptors (Lipinski definition) is 3. The van der Waals surface area contributed by atoms with Gasteiger partial charge in [0, 0.05) is 19.0 Å². The third kappa shape index (κ3) is 2.76. The topological polar surface area (TPSA) is 66.5 Å². The van der Waals surface area contributed by atoms with E-state index in [2.05, 4.69) is 5.32 Å². The number of piperidine rings is 1. The normalized spacial score (nSPS) is 29.0. The van der Waals surface area contributed by atoms with Crippen molar-refractivity contribution in [3.63, 3.8) is 0 Å². The quantitative estimate of drug-likeness (QED) is 0.916. The fraction of sp³-hybridized carbons (Fsp3) is 0.562. The Morgan fingerprint density at radius 2 is 2.17 bits per heavy atom. The lowest BCUT2D eigenvalue weighted by molar-refractivity contribution is -0.120. The minimum atomic E-state index is -3.78. The number of halogens is 1. The third-order valence-electron chi connectivity index (χ3n) is 4.96. The molecule has 23 heavy (non-hydrogen) atoms. The zero-order valence-electron chi connectivity index (χ0n) is 13.1. The lowest BCUT2D eigenvalue weighted by atomic mass is 9.80. The van der Waals surface area contributed by atoms with E-state index in [4.69, 9.17) is 0 Å². The molecule has 0 radical (unpaired) electrons. The maximum absolute atomic E-state index is 13.4. The zero-order valence-corrected chi connectivity index (χ0v) is 13.9. The molecule has 1 aromatic carbocycles. The van der Waals surface area contributed by atoms with Gasteiger partial charge in [0.2, 0.25) is 15.9 Å². The van der Waals surface area contributed by atoms with Gasteiger partial charge in [-0.1, -0.05) is 13.0 Å². The highest BCUT2D eigenvalue weighted by Gasteiger charge is 2.51. The molecule has 1 N–H and O–H groups in total. The van der Waals surface area contributed by atoms with Crippen LogP contribution >= 0.6 is 0 Å². The van der Waals surface area contributed by atoms with Gasteiger partial charge in [-0.05, 0) is 43.9 Å². The number of nitrogens with one attached hydrogen (secondary N) is 1. The molecular weight excluding hydrogens is 319 g/mol. The fourth-order valence-corrected chi connectivity index (χ4v) is 5.81. The number of carbonyl (C=O) groups is 1. The second-order valence-electron chi connectivity index (χ2n) is 6.31. The Bertz CT molecular complexity index is 722. The number of rotatable bonds is 3. The SMILES string of the molecule is CC[C@@H]1N(S(=O)(=O)c2cccc(F)c2)CCC[C@]12CCC(=O)N2. The van der Waals surface area contributed by atoms with Crippen molar-refractivity contribution in [3.05, 3.63) is 30.1 Å². The zero-order chi connectivity index (χ0) is 16.7. The van der Waals surface area contributed by atoms with Gasteiger partial charge in [0.05, 0.1) is 10.4 Å². The van der Waals surface area contributed by atoms with Crippen molar-refractivity contribution in [1.29, 1.82) is 0 Å². The first-order chi connectivity index (χ1) is 10.9. The van der Waals surface area contributed by atoms with E-state index >= 15 is 0 Å². The Kier molecular flexibility index (Phi) is 4.18. The molecular formula is C16H21FN2O3S. The first-order valence-electron chi connectivity index (χ1n) is 7.97. The predicted molar refractivity (Wildman–Crippen MR) is 83.7 cm³/mol. The summed E-state index contributed by atoms with van der Waals surface area (Å²) in [4.78, 5) is 11.7. The molecule has 2 atom stereocenters. The van der Waals surface area contributed by atoms with Gasteiger partial charge in [-0.2, -0.15) is 4.31 Å². The molecule has 5 nitrogen and oxygen atoms in total. The van der Waals surface area contributed by atoms with Gasteiger partial charge in [0.15, 0.2) is 0 Å². The molecule has 0 unspecified atom stereocenters. The maximum atomic E-state index is 13.4. The molecule has 1 amide bonds. The van der Waals surface area contributed by atoms with E-state index in [1.165, 1.54) is 22.5 Å². The van der Waals surface area contributed by atoms with Crippen LogP contribution in [0.1, 0.15) is 39.0 Å². The summed E-state index contributed by atoms with van der Waals surface area (Å²) in [6.45, 7) is 2.32. The Morgan fingerprint density at radius 3 is 2.78 bits per heavy atom. The summed E-state index contributed by atoms with van der Waals surface area (Å²) in [7, 11) is -3.78. The molecule has 0 aliphatic carbocycles. The van der Waals surface area contributed by atoms with E-state index < -0.39 is 21.4 Å². The van der Waals surface area contributed by atoms with Gasteiger partial charge in [0.1, 0.15) is 5.82 Å². The highest BCUT2D eigenvalue weighted by molar-refractivity contribution is 7.89. The van der Waals surface area contributed by atoms with E-state index in [1.807, 2.05) is 6.92 Å². The summed E-state index contributed by atoms with van der Waals surface area (Å²) >= 11 is 0. The number of nitrogens with zero attached hydrogens (tertiary/aromatic N) is 1. The molecule has 0 saturated carbocycles. The van der Waals surface area contributed by atoms with Gasteiger partial charge in [-0.25, -0.2) is 12.8 Å². The summed E-state index contributed by atoms with van der Waals surface area (Å²) < 4.78 is 40.9. The molecule has 0 aromatic heterocycles. The summed E-state index contributed by atoms with van der Waals surface area (Å²) in [5.74, 6) is -0.589. The minimum absolute atomic E-state index is 0.0200. The molecule has 2 saturated heterocycles. The van der Waals surface area contributed by atoms with Crippen LogP contribution in [0, 0.1) is 5.82 Å². The average Bonchev–Trinajstić information content (AvgIpc) is 2.88. The van der Waals surface area contributed by atoms with Crippen molar-refractivity contribution < 1.29 is 17.6 Å². The summed E-state index contributed by atoms with van der Waals surface area (Å²) in [6, 6.07) is 4.80. The number of hydrogen-bond donors (Lipinski definition) is 1. The number of carbonyl (C=O) groups excluding carboxylic acids is 1. The van der Waals surface area contributed by atoms with Crippen LogP contribution in [-0.4, -0.2) is 36.8 Å². The molecule has 2 heterocycles. The summed E-state index contributed by atoms with van der Waals surface area (Å²) in [5.41, 5.74) is -0.482. The van der Waals surface area contributed by atoms with Crippen molar-refractivity contribution in [2.45, 2.75) is 55.5 Å². The Morgan fingerprint density at radius 1 is 1.39 bits per heavy atom. The molecule has 126 valence electrons. The maximum Gasteiger partial charge on any atom is 0.243 e. The van der Waals surface area contributed by atoms with Crippen molar-refractivity contribution >= 4 is 15.9 Å². The Balaban J connectivity index is 1.99. The predicted octanol–water partition coefficient (Wildman–Crippen LogP) is 2.04. The highest BCUT2D eigenvalue weighted by atomic mass is 32.2. The number of benzene rings is 1. The largest absolute Gasteiger partial charge is 0.349 e. The van der Waals surface area contributed by atoms with Gasteiger partial charge in [0.25, 0.3) is 0 Å². The van der Waals surface area contributed by atoms with Crippen LogP contribution < -0.4 is 5.32 Å². The summed E-state index contributed by atoms with van der Waals surface area (Å²) in [6.07, 6.45) is 3.16. The van der Waals surface area contributed by atoms with Gasteiger partial charge in [-0.15, -0.1) is 0 Å². The Labute approximate surface area is 135 Å². The second-order valence-corrected chi connectivity index (χ2v) is 8.20. The van der Waals surface area contributed by atoms with Crippen LogP contribution in [0.2, 0.25) is 0 Å². The van der Waals surface area contributed by atoms with E-state index in [1.54, 1.807) is 0 Å². The molecule has 1 aromatic rings. The number of sulfonamides is 1. The lowest BCUT2D eigenvalue weighted by Crippen LogP contribution is -2.62. The van der Waals surface area contributed by atoms with Crippen molar-refractivity contribution in [2.75, 3.05) is 6.54 Å². The van der Waals surface area contributed by atoms with E-state index in [0.717, 1.165) is 12.5 Å². The molecule has 7 heteroatoms. The van der Waals surface area contributed by atoms with E-state index in [-0.39, 0.29) is 16.8 Å². The van der Waals surface area contributed by atoms with E-state index in [0.29, 0.717) is 32.2 Å². The molecule has 3 rings (SSSR count). The average molecular weight is 340 g/mol. The van der Waals surface area contributed by atoms with Crippen LogP contribution in [0.5, 0.6) is 0 Å². The molecule has 1 spiro atoms. The lowest BCUT2D eigenvalue weighted by Gasteiger charge is -2.47. The molecule has 0 bridgehead atoms. The van der Waals surface area contributed by atoms with Gasteiger partial charge < -0.3 is 5.32 Å². The van der Waals surface area contributed by atoms with Crippen molar-refractivity contribution in [3.8, 4) is 0 Å². The minimum Gasteiger partial charge on any atom is -0.349 e. The molecule has 2 fully saturated rings. The fourth-order valence-electron chi connectivity index (χ4n) is 3.97.